The lowest BCUT2D eigenvalue weighted by molar-refractivity contribution is -0.00000543. The molecule has 0 spiro atoms. The zero-order chi connectivity index (χ0) is 16.6. The van der Waals surface area contributed by atoms with Crippen LogP contribution in [0.1, 0.15) is 23.1 Å². The van der Waals surface area contributed by atoms with Crippen molar-refractivity contribution in [1.82, 2.24) is 10.2 Å². The fourth-order valence-electron chi connectivity index (χ4n) is 2.25. The predicted molar refractivity (Wildman–Crippen MR) is 97.6 cm³/mol. The number of halogens is 1. The largest absolute Gasteiger partial charge is 1.00 e. The van der Waals surface area contributed by atoms with E-state index in [0.717, 1.165) is 11.3 Å². The van der Waals surface area contributed by atoms with Gasteiger partial charge in [0, 0.05) is 5.75 Å². The number of hydrogen-bond acceptors (Lipinski definition) is 5. The number of benzene rings is 2. The molecule has 0 radical (unpaired) electrons. The van der Waals surface area contributed by atoms with Gasteiger partial charge in [-0.3, -0.25) is 0 Å². The summed E-state index contributed by atoms with van der Waals surface area (Å²) in [7, 11) is 0. The summed E-state index contributed by atoms with van der Waals surface area (Å²) in [5, 5.41) is 8.67. The molecule has 2 aromatic carbocycles. The number of hydrogen-bond donors (Lipinski definition) is 1. The number of nitrogens with zero attached hydrogens (tertiary/aromatic N) is 2. The molecule has 0 aliphatic rings. The average Bonchev–Trinajstić information content (AvgIpc) is 3.10. The first-order valence-electron chi connectivity index (χ1n) is 7.78. The van der Waals surface area contributed by atoms with E-state index in [9.17, 15) is 0 Å². The van der Waals surface area contributed by atoms with Crippen molar-refractivity contribution >= 4 is 17.8 Å². The molecule has 0 amide bonds. The summed E-state index contributed by atoms with van der Waals surface area (Å²) in [6.07, 6.45) is 4.83. The van der Waals surface area contributed by atoms with Crippen LogP contribution in [0, 0.1) is 0 Å². The lowest BCUT2D eigenvalue weighted by Crippen LogP contribution is -3.00. The second kappa shape index (κ2) is 10.0. The van der Waals surface area contributed by atoms with Crippen LogP contribution >= 0.6 is 11.8 Å². The van der Waals surface area contributed by atoms with Crippen LogP contribution in [0.25, 0.3) is 6.08 Å². The second-order valence-electron chi connectivity index (χ2n) is 5.33. The van der Waals surface area contributed by atoms with E-state index < -0.39 is 0 Å². The highest BCUT2D eigenvalue weighted by Gasteiger charge is 2.15. The van der Waals surface area contributed by atoms with E-state index in [2.05, 4.69) is 34.5 Å². The minimum Gasteiger partial charge on any atom is -1.00 e. The van der Waals surface area contributed by atoms with E-state index in [-0.39, 0.29) is 18.4 Å². The summed E-state index contributed by atoms with van der Waals surface area (Å²) in [5.74, 6) is 1.25. The van der Waals surface area contributed by atoms with Crippen molar-refractivity contribution < 1.29 is 16.8 Å². The molecule has 1 heterocycles. The van der Waals surface area contributed by atoms with Crippen LogP contribution in [0.2, 0.25) is 0 Å². The summed E-state index contributed by atoms with van der Waals surface area (Å²) in [6, 6.07) is 19.9. The smallest absolute Gasteiger partial charge is 0.276 e. The van der Waals surface area contributed by atoms with E-state index >= 15 is 0 Å². The molecule has 6 heteroatoms. The molecule has 1 aromatic heterocycles. The Morgan fingerprint density at radius 2 is 1.68 bits per heavy atom. The van der Waals surface area contributed by atoms with Crippen molar-refractivity contribution in [2.24, 2.45) is 5.73 Å². The fraction of sp³-hybridized carbons (Fsp3) is 0.158. The van der Waals surface area contributed by atoms with Gasteiger partial charge in [-0.25, -0.2) is 0 Å². The Morgan fingerprint density at radius 3 is 2.40 bits per heavy atom. The Balaban J connectivity index is 0.00000225. The molecule has 0 fully saturated rings. The van der Waals surface area contributed by atoms with Crippen molar-refractivity contribution in [3.8, 4) is 0 Å². The Hall–Kier alpha value is -2.08. The molecule has 3 rings (SSSR count). The van der Waals surface area contributed by atoms with Gasteiger partial charge in [0.05, 0.1) is 6.04 Å². The van der Waals surface area contributed by atoms with Gasteiger partial charge in [-0.15, -0.1) is 10.2 Å². The molecule has 25 heavy (non-hydrogen) atoms. The summed E-state index contributed by atoms with van der Waals surface area (Å²) >= 11 is 1.50. The van der Waals surface area contributed by atoms with E-state index in [0.29, 0.717) is 17.5 Å². The third-order valence-electron chi connectivity index (χ3n) is 3.45. The maximum atomic E-state index is 6.15. The molecule has 0 saturated heterocycles. The summed E-state index contributed by atoms with van der Waals surface area (Å²) in [4.78, 5) is 0. The van der Waals surface area contributed by atoms with Crippen LogP contribution in [0.4, 0.5) is 0 Å². The van der Waals surface area contributed by atoms with Crippen LogP contribution in [-0.2, 0) is 6.42 Å². The van der Waals surface area contributed by atoms with Crippen molar-refractivity contribution in [2.75, 3.05) is 5.75 Å². The van der Waals surface area contributed by atoms with E-state index in [4.69, 9.17) is 10.2 Å². The molecule has 0 bridgehead atoms. The lowest BCUT2D eigenvalue weighted by Gasteiger charge is -2.06. The lowest BCUT2D eigenvalue weighted by atomic mass is 10.1. The zero-order valence-corrected chi connectivity index (χ0v) is 15.2. The normalized spacial score (nSPS) is 12.0. The van der Waals surface area contributed by atoms with Crippen molar-refractivity contribution in [1.29, 1.82) is 0 Å². The molecule has 4 nitrogen and oxygen atoms in total. The molecular formula is C19H19ClN3OS-. The predicted octanol–water partition coefficient (Wildman–Crippen LogP) is 1.12. The van der Waals surface area contributed by atoms with Crippen LogP contribution in [0.3, 0.4) is 0 Å². The maximum Gasteiger partial charge on any atom is 0.276 e. The molecule has 2 N–H and O–H groups in total. The SMILES string of the molecule is N[C@@H](Cc1ccccc1)c1nnc(SC/C=C/c2ccccc2)o1.[Cl-]. The summed E-state index contributed by atoms with van der Waals surface area (Å²) < 4.78 is 5.65. The highest BCUT2D eigenvalue weighted by molar-refractivity contribution is 7.99. The van der Waals surface area contributed by atoms with Crippen LogP contribution in [-0.4, -0.2) is 16.0 Å². The average molecular weight is 373 g/mol. The zero-order valence-electron chi connectivity index (χ0n) is 13.6. The van der Waals surface area contributed by atoms with Gasteiger partial charge in [-0.2, -0.15) is 0 Å². The van der Waals surface area contributed by atoms with E-state index in [1.54, 1.807) is 0 Å². The summed E-state index contributed by atoms with van der Waals surface area (Å²) in [6.45, 7) is 0. The molecule has 0 aliphatic heterocycles. The Labute approximate surface area is 157 Å². The second-order valence-corrected chi connectivity index (χ2v) is 6.30. The van der Waals surface area contributed by atoms with E-state index in [1.807, 2.05) is 48.5 Å². The topological polar surface area (TPSA) is 64.9 Å². The summed E-state index contributed by atoms with van der Waals surface area (Å²) in [5.41, 5.74) is 8.48. The van der Waals surface area contributed by atoms with Crippen molar-refractivity contribution in [3.63, 3.8) is 0 Å². The van der Waals surface area contributed by atoms with Crippen LogP contribution in [0.15, 0.2) is 76.4 Å². The first kappa shape index (κ1) is 19.2. The maximum absolute atomic E-state index is 6.15. The molecule has 1 atom stereocenters. The number of thioether (sulfide) groups is 1. The van der Waals surface area contributed by atoms with Gasteiger partial charge in [0.2, 0.25) is 5.89 Å². The Bertz CT molecular complexity index is 778. The first-order valence-corrected chi connectivity index (χ1v) is 8.77. The fourth-order valence-corrected chi connectivity index (χ4v) is 2.83. The van der Waals surface area contributed by atoms with Gasteiger partial charge in [0.1, 0.15) is 0 Å². The minimum absolute atomic E-state index is 0. The van der Waals surface area contributed by atoms with Gasteiger partial charge in [-0.05, 0) is 17.5 Å². The molecule has 3 aromatic rings. The molecular weight excluding hydrogens is 354 g/mol. The number of nitrogens with two attached hydrogens (primary N) is 1. The van der Waals surface area contributed by atoms with Gasteiger partial charge >= 0.3 is 0 Å². The monoisotopic (exact) mass is 372 g/mol. The molecule has 0 saturated carbocycles. The van der Waals surface area contributed by atoms with Gasteiger partial charge in [0.15, 0.2) is 0 Å². The first-order chi connectivity index (χ1) is 11.8. The van der Waals surface area contributed by atoms with Gasteiger partial charge in [-0.1, -0.05) is 84.6 Å². The highest BCUT2D eigenvalue weighted by Crippen LogP contribution is 2.21. The van der Waals surface area contributed by atoms with Gasteiger partial charge in [0.25, 0.3) is 5.22 Å². The van der Waals surface area contributed by atoms with Crippen molar-refractivity contribution in [3.05, 3.63) is 83.8 Å². The standard InChI is InChI=1S/C19H19N3OS.ClH/c20-17(14-16-10-5-2-6-11-16)18-21-22-19(23-18)24-13-7-12-15-8-3-1-4-9-15;/h1-12,17H,13-14,20H2;1H/p-1/b12-7+;/t17-;/m0./s1. The van der Waals surface area contributed by atoms with E-state index in [1.165, 1.54) is 17.3 Å². The third-order valence-corrected chi connectivity index (χ3v) is 4.22. The van der Waals surface area contributed by atoms with Gasteiger partial charge < -0.3 is 22.6 Å². The molecule has 0 unspecified atom stereocenters. The minimum atomic E-state index is -0.283. The van der Waals surface area contributed by atoms with Crippen LogP contribution < -0.4 is 18.1 Å². The highest BCUT2D eigenvalue weighted by atomic mass is 35.5. The molecule has 0 aliphatic carbocycles. The number of aromatic nitrogens is 2. The third kappa shape index (κ3) is 6.05. The van der Waals surface area contributed by atoms with Crippen molar-refractivity contribution in [2.45, 2.75) is 17.7 Å². The Kier molecular flexibility index (Phi) is 7.73. The Morgan fingerprint density at radius 1 is 1.00 bits per heavy atom. The van der Waals surface area contributed by atoms with Crippen LogP contribution in [0.5, 0.6) is 0 Å². The number of rotatable bonds is 7. The molecule has 130 valence electrons. The quantitative estimate of drug-likeness (QED) is 0.630.